The molecule has 122 valence electrons. The van der Waals surface area contributed by atoms with Crippen LogP contribution in [-0.4, -0.2) is 17.4 Å². The van der Waals surface area contributed by atoms with Crippen molar-refractivity contribution in [1.82, 2.24) is 10.3 Å². The van der Waals surface area contributed by atoms with Gasteiger partial charge in [0.2, 0.25) is 0 Å². The maximum absolute atomic E-state index is 12.1. The van der Waals surface area contributed by atoms with Crippen molar-refractivity contribution in [3.63, 3.8) is 0 Å². The fourth-order valence-corrected chi connectivity index (χ4v) is 3.01. The second-order valence-electron chi connectivity index (χ2n) is 4.82. The average molecular weight is 362 g/mol. The lowest BCUT2D eigenvalue weighted by Gasteiger charge is -2.08. The highest BCUT2D eigenvalue weighted by Crippen LogP contribution is 2.17. The summed E-state index contributed by atoms with van der Waals surface area (Å²) in [7, 11) is 0. The van der Waals surface area contributed by atoms with E-state index in [9.17, 15) is 4.79 Å². The van der Waals surface area contributed by atoms with Gasteiger partial charge in [-0.1, -0.05) is 6.07 Å². The van der Waals surface area contributed by atoms with Crippen LogP contribution in [0.1, 0.15) is 31.5 Å². The van der Waals surface area contributed by atoms with Crippen molar-refractivity contribution >= 4 is 47.7 Å². The number of thiazole rings is 1. The van der Waals surface area contributed by atoms with Crippen molar-refractivity contribution in [3.05, 3.63) is 44.9 Å². The molecule has 1 aromatic heterocycles. The normalized spacial score (nSPS) is 9.59. The van der Waals surface area contributed by atoms with Crippen LogP contribution in [0.15, 0.2) is 18.2 Å². The number of amides is 1. The number of nitrogens with two attached hydrogens (primary N) is 1. The van der Waals surface area contributed by atoms with Crippen LogP contribution in [0.2, 0.25) is 0 Å². The second kappa shape index (κ2) is 8.98. The molecule has 1 amide bonds. The summed E-state index contributed by atoms with van der Waals surface area (Å²) in [4.78, 5) is 17.7. The largest absolute Gasteiger partial charge is 0.399 e. The number of anilines is 1. The van der Waals surface area contributed by atoms with Crippen molar-refractivity contribution in [2.24, 2.45) is 0 Å². The molecule has 1 heterocycles. The van der Waals surface area contributed by atoms with E-state index in [0.717, 1.165) is 22.7 Å². The maximum atomic E-state index is 12.1. The van der Waals surface area contributed by atoms with E-state index < -0.39 is 0 Å². The molecule has 0 saturated carbocycles. The minimum atomic E-state index is -0.0753. The Morgan fingerprint density at radius 1 is 1.27 bits per heavy atom. The number of hydrogen-bond acceptors (Lipinski definition) is 4. The smallest absolute Gasteiger partial charge is 0.251 e. The average Bonchev–Trinajstić information content (AvgIpc) is 2.71. The molecule has 7 heteroatoms. The quantitative estimate of drug-likeness (QED) is 0.819. The number of nitrogen functional groups attached to an aromatic ring is 1. The van der Waals surface area contributed by atoms with E-state index >= 15 is 0 Å². The van der Waals surface area contributed by atoms with Gasteiger partial charge in [-0.15, -0.1) is 36.2 Å². The Morgan fingerprint density at radius 3 is 2.55 bits per heavy atom. The highest BCUT2D eigenvalue weighted by Gasteiger charge is 2.10. The molecule has 0 bridgehead atoms. The Balaban J connectivity index is 0.00000220. The maximum Gasteiger partial charge on any atom is 0.251 e. The summed E-state index contributed by atoms with van der Waals surface area (Å²) in [5.74, 6) is -0.0753. The molecule has 2 rings (SSSR count). The third kappa shape index (κ3) is 5.16. The predicted molar refractivity (Wildman–Crippen MR) is 97.7 cm³/mol. The molecule has 0 aliphatic carbocycles. The summed E-state index contributed by atoms with van der Waals surface area (Å²) in [5, 5.41) is 4.00. The van der Waals surface area contributed by atoms with Gasteiger partial charge in [-0.25, -0.2) is 4.98 Å². The molecule has 2 aromatic rings. The number of nitrogens with one attached hydrogen (secondary N) is 1. The van der Waals surface area contributed by atoms with Crippen LogP contribution in [0.25, 0.3) is 0 Å². The van der Waals surface area contributed by atoms with E-state index in [0.29, 0.717) is 17.8 Å². The van der Waals surface area contributed by atoms with Gasteiger partial charge in [-0.3, -0.25) is 4.79 Å². The fraction of sp³-hybridized carbons (Fsp3) is 0.333. The number of aromatic nitrogens is 1. The molecule has 0 radical (unpaired) electrons. The van der Waals surface area contributed by atoms with Gasteiger partial charge >= 0.3 is 0 Å². The number of rotatable bonds is 4. The lowest BCUT2D eigenvalue weighted by atomic mass is 10.1. The Morgan fingerprint density at radius 2 is 1.95 bits per heavy atom. The molecule has 0 fully saturated rings. The summed E-state index contributed by atoms with van der Waals surface area (Å²) >= 11 is 1.69. The first-order valence-electron chi connectivity index (χ1n) is 6.54. The van der Waals surface area contributed by atoms with Crippen molar-refractivity contribution in [2.75, 3.05) is 12.3 Å². The van der Waals surface area contributed by atoms with E-state index in [1.807, 2.05) is 26.8 Å². The first-order valence-corrected chi connectivity index (χ1v) is 7.36. The standard InChI is InChI=1S/C15H19N3OS.2ClH/c1-9-4-5-12(16)8-13(9)15(19)17-7-6-14-10(2)18-11(3)20-14;;/h4-5,8H,6-7,16H2,1-3H3,(H,17,19);2*1H. The summed E-state index contributed by atoms with van der Waals surface area (Å²) in [6.45, 7) is 6.51. The highest BCUT2D eigenvalue weighted by atomic mass is 35.5. The zero-order valence-electron chi connectivity index (χ0n) is 12.8. The van der Waals surface area contributed by atoms with Crippen molar-refractivity contribution in [3.8, 4) is 0 Å². The van der Waals surface area contributed by atoms with Gasteiger partial charge < -0.3 is 11.1 Å². The topological polar surface area (TPSA) is 68.0 Å². The monoisotopic (exact) mass is 361 g/mol. The lowest BCUT2D eigenvalue weighted by Crippen LogP contribution is -2.26. The molecular weight excluding hydrogens is 341 g/mol. The molecule has 0 aliphatic rings. The minimum Gasteiger partial charge on any atom is -0.399 e. The molecule has 0 atom stereocenters. The van der Waals surface area contributed by atoms with Crippen LogP contribution in [0.4, 0.5) is 5.69 Å². The zero-order valence-corrected chi connectivity index (χ0v) is 15.3. The third-order valence-electron chi connectivity index (χ3n) is 3.14. The van der Waals surface area contributed by atoms with Crippen LogP contribution in [-0.2, 0) is 6.42 Å². The van der Waals surface area contributed by atoms with E-state index in [-0.39, 0.29) is 30.7 Å². The summed E-state index contributed by atoms with van der Waals surface area (Å²) < 4.78 is 0. The number of carbonyl (C=O) groups is 1. The van der Waals surface area contributed by atoms with Crippen molar-refractivity contribution < 1.29 is 4.79 Å². The fourth-order valence-electron chi connectivity index (χ4n) is 2.07. The Kier molecular flexibility index (Phi) is 8.45. The van der Waals surface area contributed by atoms with Gasteiger partial charge in [0.15, 0.2) is 0 Å². The third-order valence-corrected chi connectivity index (χ3v) is 4.28. The van der Waals surface area contributed by atoms with Crippen molar-refractivity contribution in [1.29, 1.82) is 0 Å². The van der Waals surface area contributed by atoms with Gasteiger partial charge in [-0.2, -0.15) is 0 Å². The molecule has 3 N–H and O–H groups in total. The summed E-state index contributed by atoms with van der Waals surface area (Å²) in [5.41, 5.74) is 8.96. The molecular formula is C15H21Cl2N3OS. The van der Waals surface area contributed by atoms with Gasteiger partial charge in [0.05, 0.1) is 10.7 Å². The van der Waals surface area contributed by atoms with Crippen molar-refractivity contribution in [2.45, 2.75) is 27.2 Å². The van der Waals surface area contributed by atoms with Gasteiger partial charge in [0.1, 0.15) is 0 Å². The Labute approximate surface area is 147 Å². The van der Waals surface area contributed by atoms with E-state index in [4.69, 9.17) is 5.73 Å². The molecule has 0 unspecified atom stereocenters. The van der Waals surface area contributed by atoms with E-state index in [2.05, 4.69) is 10.3 Å². The number of halogens is 2. The molecule has 4 nitrogen and oxygen atoms in total. The van der Waals surface area contributed by atoms with Gasteiger partial charge in [0.25, 0.3) is 5.91 Å². The van der Waals surface area contributed by atoms with E-state index in [1.54, 1.807) is 23.5 Å². The SMILES string of the molecule is Cc1nc(C)c(CCNC(=O)c2cc(N)ccc2C)s1.Cl.Cl. The zero-order chi connectivity index (χ0) is 14.7. The van der Waals surface area contributed by atoms with Gasteiger partial charge in [0, 0.05) is 29.1 Å². The molecule has 0 aliphatic heterocycles. The predicted octanol–water partition coefficient (Wildman–Crippen LogP) is 3.47. The summed E-state index contributed by atoms with van der Waals surface area (Å²) in [6.07, 6.45) is 0.810. The lowest BCUT2D eigenvalue weighted by molar-refractivity contribution is 0.0953. The number of carbonyl (C=O) groups excluding carboxylic acids is 1. The molecule has 22 heavy (non-hydrogen) atoms. The van der Waals surface area contributed by atoms with Crippen LogP contribution in [0.5, 0.6) is 0 Å². The summed E-state index contributed by atoms with van der Waals surface area (Å²) in [6, 6.07) is 5.38. The van der Waals surface area contributed by atoms with Crippen LogP contribution >= 0.6 is 36.2 Å². The highest BCUT2D eigenvalue weighted by molar-refractivity contribution is 7.11. The van der Waals surface area contributed by atoms with Gasteiger partial charge in [-0.05, 0) is 38.5 Å². The number of hydrogen-bond donors (Lipinski definition) is 2. The first kappa shape index (κ1) is 20.7. The molecule has 1 aromatic carbocycles. The first-order chi connectivity index (χ1) is 9.47. The minimum absolute atomic E-state index is 0. The van der Waals surface area contributed by atoms with Crippen LogP contribution in [0.3, 0.4) is 0 Å². The number of benzene rings is 1. The van der Waals surface area contributed by atoms with Crippen LogP contribution in [0, 0.1) is 20.8 Å². The Hall–Kier alpha value is -1.30. The second-order valence-corrected chi connectivity index (χ2v) is 6.11. The molecule has 0 saturated heterocycles. The number of aryl methyl sites for hydroxylation is 3. The number of nitrogens with zero attached hydrogens (tertiary/aromatic N) is 1. The Bertz CT molecular complexity index is 644. The van der Waals surface area contributed by atoms with E-state index in [1.165, 1.54) is 4.88 Å². The molecule has 0 spiro atoms. The van der Waals surface area contributed by atoms with Crippen LogP contribution < -0.4 is 11.1 Å².